The first kappa shape index (κ1) is 24.7. The summed E-state index contributed by atoms with van der Waals surface area (Å²) in [4.78, 5) is 42.4. The van der Waals surface area contributed by atoms with Crippen LogP contribution in [0.5, 0.6) is 11.5 Å². The van der Waals surface area contributed by atoms with Crippen LogP contribution in [-0.4, -0.2) is 55.3 Å². The van der Waals surface area contributed by atoms with Crippen LogP contribution in [-0.2, 0) is 6.54 Å². The van der Waals surface area contributed by atoms with Crippen molar-refractivity contribution in [2.75, 3.05) is 14.2 Å². The molecule has 0 fully saturated rings. The van der Waals surface area contributed by atoms with Crippen LogP contribution in [0.25, 0.3) is 17.1 Å². The van der Waals surface area contributed by atoms with Gasteiger partial charge in [-0.25, -0.2) is 9.67 Å². The number of rotatable bonds is 7. The third kappa shape index (κ3) is 3.98. The molecule has 40 heavy (non-hydrogen) atoms. The fourth-order valence-electron chi connectivity index (χ4n) is 4.70. The van der Waals surface area contributed by atoms with Crippen LogP contribution < -0.4 is 9.47 Å². The minimum atomic E-state index is -0.482. The maximum atomic E-state index is 13.7. The average molecular weight is 537 g/mol. The van der Waals surface area contributed by atoms with Crippen molar-refractivity contribution < 1.29 is 24.0 Å². The van der Waals surface area contributed by atoms with E-state index in [1.165, 1.54) is 31.0 Å². The fourth-order valence-corrected chi connectivity index (χ4v) is 4.70. The Balaban J connectivity index is 1.48. The summed E-state index contributed by atoms with van der Waals surface area (Å²) in [5, 5.41) is 19.4. The molecule has 5 aromatic rings. The highest BCUT2D eigenvalue weighted by molar-refractivity contribution is 6.27. The van der Waals surface area contributed by atoms with Crippen molar-refractivity contribution in [1.82, 2.24) is 24.5 Å². The number of carbonyl (C=O) groups excluding carboxylic acids is 2. The molecule has 2 heterocycles. The van der Waals surface area contributed by atoms with Gasteiger partial charge in [0.1, 0.15) is 34.4 Å². The zero-order valence-corrected chi connectivity index (χ0v) is 21.3. The molecule has 6 rings (SSSR count). The van der Waals surface area contributed by atoms with Gasteiger partial charge in [0.25, 0.3) is 5.69 Å². The molecule has 0 saturated carbocycles. The first-order valence-electron chi connectivity index (χ1n) is 12.1. The van der Waals surface area contributed by atoms with Gasteiger partial charge in [-0.1, -0.05) is 29.5 Å². The summed E-state index contributed by atoms with van der Waals surface area (Å²) in [6, 6.07) is 17.7. The maximum Gasteiger partial charge on any atom is 0.269 e. The minimum absolute atomic E-state index is 0.0410. The molecule has 0 saturated heterocycles. The number of imidazole rings is 1. The maximum absolute atomic E-state index is 13.7. The average Bonchev–Trinajstić information content (AvgIpc) is 3.61. The van der Waals surface area contributed by atoms with Crippen LogP contribution in [0.15, 0.2) is 72.9 Å². The summed E-state index contributed by atoms with van der Waals surface area (Å²) in [5.74, 6) is 0.652. The molecule has 12 nitrogen and oxygen atoms in total. The molecule has 0 radical (unpaired) electrons. The molecule has 0 N–H and O–H groups in total. The number of nitrogens with zero attached hydrogens (tertiary/aromatic N) is 6. The van der Waals surface area contributed by atoms with Crippen molar-refractivity contribution in [3.63, 3.8) is 0 Å². The number of ether oxygens (including phenoxy) is 2. The van der Waals surface area contributed by atoms with Gasteiger partial charge in [0, 0.05) is 29.3 Å². The van der Waals surface area contributed by atoms with Gasteiger partial charge < -0.3 is 14.0 Å². The molecule has 2 aromatic heterocycles. The van der Waals surface area contributed by atoms with Gasteiger partial charge in [0.05, 0.1) is 43.1 Å². The number of fused-ring (bicyclic) bond motifs is 2. The molecule has 0 bridgehead atoms. The molecule has 0 atom stereocenters. The number of ketones is 2. The van der Waals surface area contributed by atoms with Crippen LogP contribution in [0.3, 0.4) is 0 Å². The number of nitro benzene ring substituents is 1. The van der Waals surface area contributed by atoms with Crippen LogP contribution in [0.4, 0.5) is 5.69 Å². The van der Waals surface area contributed by atoms with Gasteiger partial charge in [-0.2, -0.15) is 0 Å². The highest BCUT2D eigenvalue weighted by atomic mass is 16.6. The summed E-state index contributed by atoms with van der Waals surface area (Å²) in [6.45, 7) is 0.0566. The predicted octanol–water partition coefficient (Wildman–Crippen LogP) is 3.88. The van der Waals surface area contributed by atoms with Gasteiger partial charge in [-0.05, 0) is 24.3 Å². The number of carbonyl (C=O) groups is 2. The van der Waals surface area contributed by atoms with Gasteiger partial charge in [-0.15, -0.1) is 5.10 Å². The molecular formula is C28H20N6O6. The van der Waals surface area contributed by atoms with E-state index < -0.39 is 4.92 Å². The predicted molar refractivity (Wildman–Crippen MR) is 141 cm³/mol. The number of hydrogen-bond donors (Lipinski definition) is 0. The lowest BCUT2D eigenvalue weighted by molar-refractivity contribution is -0.384. The molecule has 0 unspecified atom stereocenters. The number of hydrogen-bond acceptors (Lipinski definition) is 9. The third-order valence-electron chi connectivity index (χ3n) is 6.65. The first-order chi connectivity index (χ1) is 19.4. The monoisotopic (exact) mass is 536 g/mol. The summed E-state index contributed by atoms with van der Waals surface area (Å²) in [6.07, 6.45) is 1.64. The van der Waals surface area contributed by atoms with E-state index in [0.717, 1.165) is 0 Å². The van der Waals surface area contributed by atoms with E-state index >= 15 is 0 Å². The number of benzene rings is 3. The van der Waals surface area contributed by atoms with Crippen molar-refractivity contribution in [3.05, 3.63) is 111 Å². The normalized spacial score (nSPS) is 12.2. The molecule has 0 spiro atoms. The Labute approximate surface area is 226 Å². The summed E-state index contributed by atoms with van der Waals surface area (Å²) in [5.41, 5.74) is 2.30. The van der Waals surface area contributed by atoms with Crippen molar-refractivity contribution >= 4 is 17.3 Å². The lowest BCUT2D eigenvalue weighted by Crippen LogP contribution is -2.23. The summed E-state index contributed by atoms with van der Waals surface area (Å²) < 4.78 is 14.0. The molecule has 3 aromatic carbocycles. The Kier molecular flexibility index (Phi) is 5.91. The summed E-state index contributed by atoms with van der Waals surface area (Å²) in [7, 11) is 3.05. The van der Waals surface area contributed by atoms with E-state index in [1.807, 2.05) is 0 Å². The van der Waals surface area contributed by atoms with E-state index in [4.69, 9.17) is 9.47 Å². The SMILES string of the molecule is COc1ccc(-c2nc3c(n2Cc2cn(-c4ccc([N+](=O)[O-])cc4)nn2)C(=O)c2ccccc2C3=O)c(OC)c1. The summed E-state index contributed by atoms with van der Waals surface area (Å²) >= 11 is 0. The van der Waals surface area contributed by atoms with Crippen LogP contribution in [0.1, 0.15) is 37.8 Å². The smallest absolute Gasteiger partial charge is 0.269 e. The van der Waals surface area contributed by atoms with Crippen molar-refractivity contribution in [3.8, 4) is 28.6 Å². The second kappa shape index (κ2) is 9.58. The largest absolute Gasteiger partial charge is 0.497 e. The van der Waals surface area contributed by atoms with Crippen molar-refractivity contribution in [2.24, 2.45) is 0 Å². The molecule has 0 aliphatic heterocycles. The molecule has 1 aliphatic rings. The van der Waals surface area contributed by atoms with Gasteiger partial charge in [0.15, 0.2) is 0 Å². The lowest BCUT2D eigenvalue weighted by Gasteiger charge is -2.16. The molecule has 1 aliphatic carbocycles. The topological polar surface area (TPSA) is 144 Å². The van der Waals surface area contributed by atoms with Crippen molar-refractivity contribution in [2.45, 2.75) is 6.54 Å². The highest BCUT2D eigenvalue weighted by Crippen LogP contribution is 2.37. The molecule has 0 amide bonds. The van der Waals surface area contributed by atoms with Gasteiger partial charge >= 0.3 is 0 Å². The van der Waals surface area contributed by atoms with E-state index in [9.17, 15) is 19.7 Å². The third-order valence-corrected chi connectivity index (χ3v) is 6.65. The number of methoxy groups -OCH3 is 2. The Bertz CT molecular complexity index is 1820. The van der Waals surface area contributed by atoms with Crippen molar-refractivity contribution in [1.29, 1.82) is 0 Å². The zero-order valence-electron chi connectivity index (χ0n) is 21.3. The van der Waals surface area contributed by atoms with Crippen LogP contribution in [0, 0.1) is 10.1 Å². The second-order valence-electron chi connectivity index (χ2n) is 8.92. The lowest BCUT2D eigenvalue weighted by atomic mass is 9.90. The first-order valence-corrected chi connectivity index (χ1v) is 12.1. The molecular weight excluding hydrogens is 516 g/mol. The molecule has 12 heteroatoms. The van der Waals surface area contributed by atoms with Crippen LogP contribution in [0.2, 0.25) is 0 Å². The Morgan fingerprint density at radius 3 is 2.30 bits per heavy atom. The fraction of sp³-hybridized carbons (Fsp3) is 0.107. The Morgan fingerprint density at radius 1 is 0.900 bits per heavy atom. The highest BCUT2D eigenvalue weighted by Gasteiger charge is 2.36. The second-order valence-corrected chi connectivity index (χ2v) is 8.92. The minimum Gasteiger partial charge on any atom is -0.497 e. The van der Waals surface area contributed by atoms with Gasteiger partial charge in [-0.3, -0.25) is 19.7 Å². The number of aromatic nitrogens is 5. The number of non-ortho nitro benzene ring substituents is 1. The van der Waals surface area contributed by atoms with E-state index in [0.29, 0.717) is 45.4 Å². The van der Waals surface area contributed by atoms with E-state index in [1.54, 1.807) is 65.4 Å². The Hall–Kier alpha value is -5.65. The van der Waals surface area contributed by atoms with E-state index in [2.05, 4.69) is 15.3 Å². The Morgan fingerprint density at radius 2 is 1.62 bits per heavy atom. The zero-order chi connectivity index (χ0) is 28.0. The van der Waals surface area contributed by atoms with Crippen LogP contribution >= 0.6 is 0 Å². The standard InChI is InChI=1S/C28H20N6O6/c1-39-19-11-12-22(23(13-19)40-2)28-29-24-25(27(36)21-6-4-3-5-20(21)26(24)35)32(28)14-16-15-33(31-30-16)17-7-9-18(10-8-17)34(37)38/h3-13,15H,14H2,1-2H3. The van der Waals surface area contributed by atoms with E-state index in [-0.39, 0.29) is 35.2 Å². The molecule has 198 valence electrons. The quantitative estimate of drug-likeness (QED) is 0.219. The van der Waals surface area contributed by atoms with Gasteiger partial charge in [0.2, 0.25) is 11.6 Å². The number of nitro groups is 1.